The Labute approximate surface area is 330 Å². The molecule has 0 bridgehead atoms. The maximum atomic E-state index is 13.2. The Morgan fingerprint density at radius 1 is 0.536 bits per heavy atom. The molecule has 0 radical (unpaired) electrons. The molecule has 0 aromatic heterocycles. The van der Waals surface area contributed by atoms with Crippen molar-refractivity contribution >= 4 is 35.8 Å². The Kier molecular flexibility index (Phi) is 24.9. The van der Waals surface area contributed by atoms with Gasteiger partial charge in [-0.1, -0.05) is 86.7 Å². The summed E-state index contributed by atoms with van der Waals surface area (Å²) in [6, 6.07) is 15.8. The smallest absolute Gasteiger partial charge is 0.408 e. The van der Waals surface area contributed by atoms with Crippen LogP contribution in [0.25, 0.3) is 0 Å². The number of alkyl carbamates (subject to hydrolysis) is 2. The van der Waals surface area contributed by atoms with Crippen LogP contribution in [0.2, 0.25) is 0 Å². The number of nitrogens with one attached hydrogen (secondary N) is 8. The highest BCUT2D eigenvalue weighted by Gasteiger charge is 2.23. The highest BCUT2D eigenvalue weighted by atomic mass is 16.6. The highest BCUT2D eigenvalue weighted by molar-refractivity contribution is 5.90. The first-order valence-corrected chi connectivity index (χ1v) is 19.3. The van der Waals surface area contributed by atoms with Gasteiger partial charge in [0.15, 0.2) is 0 Å². The van der Waals surface area contributed by atoms with Gasteiger partial charge in [0, 0.05) is 13.1 Å². The van der Waals surface area contributed by atoms with Crippen LogP contribution in [0, 0.1) is 0 Å². The fraction of sp³-hybridized carbons (Fsp3) is 0.500. The van der Waals surface area contributed by atoms with E-state index in [-0.39, 0.29) is 51.0 Å². The van der Waals surface area contributed by atoms with E-state index in [1.54, 1.807) is 60.7 Å². The first kappa shape index (κ1) is 46.7. The van der Waals surface area contributed by atoms with Crippen LogP contribution in [0.1, 0.15) is 63.5 Å². The Hall–Kier alpha value is -5.48. The van der Waals surface area contributed by atoms with E-state index in [1.807, 2.05) is 12.1 Å². The third-order valence-electron chi connectivity index (χ3n) is 7.96. The minimum absolute atomic E-state index is 0.0244. The van der Waals surface area contributed by atoms with Gasteiger partial charge >= 0.3 is 12.2 Å². The van der Waals surface area contributed by atoms with E-state index < -0.39 is 36.1 Å². The molecule has 2 atom stereocenters. The summed E-state index contributed by atoms with van der Waals surface area (Å²) >= 11 is 0. The number of hydrogen-bond donors (Lipinski definition) is 8. The summed E-state index contributed by atoms with van der Waals surface area (Å²) in [5.74, 6) is -2.02. The number of carbonyl (C=O) groups is 6. The van der Waals surface area contributed by atoms with Crippen LogP contribution in [0.5, 0.6) is 0 Å². The maximum Gasteiger partial charge on any atom is 0.408 e. The SMILES string of the molecule is CCCNCCCNC(=O)CNC(=O)[C@H](C/C=C/C[C@H](NC(=O)OCc1ccccc1)C(=O)NCC(=O)NCCCNCCC)NC(=O)OCc1ccccc1. The van der Waals surface area contributed by atoms with Crippen LogP contribution in [-0.2, 0) is 41.9 Å². The van der Waals surface area contributed by atoms with Gasteiger partial charge in [-0.2, -0.15) is 0 Å². The number of ether oxygens (including phenoxy) is 2. The molecule has 8 N–H and O–H groups in total. The summed E-state index contributed by atoms with van der Waals surface area (Å²) in [6.45, 7) is 7.64. The first-order valence-electron chi connectivity index (χ1n) is 19.3. The molecule has 0 spiro atoms. The van der Waals surface area contributed by atoms with Crippen molar-refractivity contribution in [2.24, 2.45) is 0 Å². The largest absolute Gasteiger partial charge is 0.445 e. The van der Waals surface area contributed by atoms with Gasteiger partial charge in [-0.25, -0.2) is 9.59 Å². The van der Waals surface area contributed by atoms with Crippen LogP contribution >= 0.6 is 0 Å². The van der Waals surface area contributed by atoms with Gasteiger partial charge in [0.2, 0.25) is 23.6 Å². The summed E-state index contributed by atoms with van der Waals surface area (Å²) in [7, 11) is 0. The predicted molar refractivity (Wildman–Crippen MR) is 213 cm³/mol. The summed E-state index contributed by atoms with van der Waals surface area (Å²) in [5.41, 5.74) is 1.50. The number of carbonyl (C=O) groups excluding carboxylic acids is 6. The molecular weight excluding hydrogens is 720 g/mol. The fourth-order valence-electron chi connectivity index (χ4n) is 4.93. The standard InChI is InChI=1S/C40H60N8O8/c1-3-21-41-23-13-25-43-35(49)27-45-37(51)33(47-39(53)55-29-31-15-7-5-8-16-31)19-11-12-20-34(48-40(54)56-30-32-17-9-6-10-18-32)38(52)46-28-36(50)44-26-14-24-42-22-4-2/h5-12,15-18,33-34,41-42H,3-4,13-14,19-30H2,1-2H3,(H,43,49)(H,44,50)(H,45,51)(H,46,52)(H,47,53)(H,48,54)/b12-11+/t33-,34-/m0/s1. The average Bonchev–Trinajstić information content (AvgIpc) is 3.21. The van der Waals surface area contributed by atoms with Gasteiger partial charge in [-0.15, -0.1) is 0 Å². The molecule has 56 heavy (non-hydrogen) atoms. The third-order valence-corrected chi connectivity index (χ3v) is 7.96. The highest BCUT2D eigenvalue weighted by Crippen LogP contribution is 2.05. The second kappa shape index (κ2) is 29.8. The summed E-state index contributed by atoms with van der Waals surface area (Å²) < 4.78 is 10.6. The average molecular weight is 781 g/mol. The number of rotatable bonds is 28. The molecule has 6 amide bonds. The molecule has 0 unspecified atom stereocenters. The molecule has 308 valence electrons. The van der Waals surface area contributed by atoms with Crippen LogP contribution in [-0.4, -0.2) is 100 Å². The zero-order valence-corrected chi connectivity index (χ0v) is 32.7. The summed E-state index contributed by atoms with van der Waals surface area (Å²) in [5, 5.41) is 22.2. The van der Waals surface area contributed by atoms with Gasteiger partial charge in [0.05, 0.1) is 13.1 Å². The maximum absolute atomic E-state index is 13.2. The van der Waals surface area contributed by atoms with Crippen molar-refractivity contribution in [1.82, 2.24) is 42.5 Å². The van der Waals surface area contributed by atoms with Gasteiger partial charge in [-0.3, -0.25) is 19.2 Å². The Morgan fingerprint density at radius 3 is 1.30 bits per heavy atom. The Morgan fingerprint density at radius 2 is 0.929 bits per heavy atom. The lowest BCUT2D eigenvalue weighted by molar-refractivity contribution is -0.127. The first-order chi connectivity index (χ1) is 27.2. The zero-order valence-electron chi connectivity index (χ0n) is 32.7. The van der Waals surface area contributed by atoms with Crippen molar-refractivity contribution in [3.05, 3.63) is 83.9 Å². The Bertz CT molecular complexity index is 1370. The minimum Gasteiger partial charge on any atom is -0.445 e. The zero-order chi connectivity index (χ0) is 40.6. The number of amides is 6. The number of hydrogen-bond acceptors (Lipinski definition) is 10. The van der Waals surface area contributed by atoms with E-state index >= 15 is 0 Å². The lowest BCUT2D eigenvalue weighted by Crippen LogP contribution is -2.49. The van der Waals surface area contributed by atoms with Crippen LogP contribution in [0.15, 0.2) is 72.8 Å². The van der Waals surface area contributed by atoms with E-state index in [1.165, 1.54) is 0 Å². The van der Waals surface area contributed by atoms with Crippen LogP contribution in [0.4, 0.5) is 9.59 Å². The topological polar surface area (TPSA) is 217 Å². The lowest BCUT2D eigenvalue weighted by Gasteiger charge is -2.18. The Balaban J connectivity index is 2.03. The van der Waals surface area contributed by atoms with E-state index in [4.69, 9.17) is 9.47 Å². The predicted octanol–water partition coefficient (Wildman–Crippen LogP) is 2.16. The van der Waals surface area contributed by atoms with E-state index in [9.17, 15) is 28.8 Å². The van der Waals surface area contributed by atoms with Crippen molar-refractivity contribution in [3.63, 3.8) is 0 Å². The fourth-order valence-corrected chi connectivity index (χ4v) is 4.93. The minimum atomic E-state index is -1.14. The normalized spacial score (nSPS) is 11.8. The van der Waals surface area contributed by atoms with Crippen molar-refractivity contribution in [1.29, 1.82) is 0 Å². The molecule has 0 fully saturated rings. The van der Waals surface area contributed by atoms with Gasteiger partial charge in [0.1, 0.15) is 25.3 Å². The quantitative estimate of drug-likeness (QED) is 0.0465. The second-order valence-corrected chi connectivity index (χ2v) is 12.8. The molecule has 2 aromatic rings. The van der Waals surface area contributed by atoms with E-state index in [2.05, 4.69) is 56.4 Å². The lowest BCUT2D eigenvalue weighted by atomic mass is 10.1. The van der Waals surface area contributed by atoms with Gasteiger partial charge in [0.25, 0.3) is 0 Å². The van der Waals surface area contributed by atoms with Crippen molar-refractivity contribution in [3.8, 4) is 0 Å². The van der Waals surface area contributed by atoms with Crippen molar-refractivity contribution in [2.45, 2.75) is 77.7 Å². The van der Waals surface area contributed by atoms with Crippen LogP contribution < -0.4 is 42.5 Å². The van der Waals surface area contributed by atoms with E-state index in [0.29, 0.717) is 13.1 Å². The molecule has 0 saturated carbocycles. The monoisotopic (exact) mass is 780 g/mol. The molecule has 0 aliphatic heterocycles. The summed E-state index contributed by atoms with van der Waals surface area (Å²) in [4.78, 5) is 76.5. The molecule has 0 saturated heterocycles. The van der Waals surface area contributed by atoms with Crippen LogP contribution in [0.3, 0.4) is 0 Å². The molecule has 0 aliphatic carbocycles. The van der Waals surface area contributed by atoms with Crippen molar-refractivity contribution in [2.75, 3.05) is 52.4 Å². The molecule has 16 nitrogen and oxygen atoms in total. The molecule has 2 aromatic carbocycles. The third kappa shape index (κ3) is 22.7. The molecule has 2 rings (SSSR count). The molecule has 16 heteroatoms. The molecule has 0 heterocycles. The van der Waals surface area contributed by atoms with Crippen molar-refractivity contribution < 1.29 is 38.2 Å². The molecular formula is C40H60N8O8. The summed E-state index contributed by atoms with van der Waals surface area (Å²) in [6.07, 6.45) is 4.82. The van der Waals surface area contributed by atoms with Gasteiger partial charge in [-0.05, 0) is 75.8 Å². The molecule has 0 aliphatic rings. The van der Waals surface area contributed by atoms with E-state index in [0.717, 1.165) is 63.0 Å². The van der Waals surface area contributed by atoms with Gasteiger partial charge < -0.3 is 52.0 Å². The number of benzene rings is 2. The second-order valence-electron chi connectivity index (χ2n) is 12.8.